The van der Waals surface area contributed by atoms with E-state index in [2.05, 4.69) is 55.6 Å². The molecule has 388 valence electrons. The Hall–Kier alpha value is -1.92. The Bertz CT molecular complexity index is 1070. The molecule has 0 fully saturated rings. The molecule has 6 heteroatoms. The quantitative estimate of drug-likeness (QED) is 0.0321. The average molecular weight is 929 g/mol. The van der Waals surface area contributed by atoms with Crippen molar-refractivity contribution < 1.29 is 24.5 Å². The highest BCUT2D eigenvalue weighted by molar-refractivity contribution is 5.76. The lowest BCUT2D eigenvalue weighted by atomic mass is 10.0. The van der Waals surface area contributed by atoms with Gasteiger partial charge in [0.1, 0.15) is 0 Å². The zero-order valence-corrected chi connectivity index (χ0v) is 44.2. The third-order valence-electron chi connectivity index (χ3n) is 13.4. The van der Waals surface area contributed by atoms with Gasteiger partial charge in [0.25, 0.3) is 0 Å². The molecule has 0 saturated heterocycles. The molecule has 2 unspecified atom stereocenters. The summed E-state index contributed by atoms with van der Waals surface area (Å²) in [5, 5.41) is 23.3. The van der Waals surface area contributed by atoms with Crippen LogP contribution in [-0.2, 0) is 14.3 Å². The van der Waals surface area contributed by atoms with Crippen molar-refractivity contribution in [3.63, 3.8) is 0 Å². The highest BCUT2D eigenvalue weighted by Crippen LogP contribution is 2.17. The number of hydrogen-bond donors (Lipinski definition) is 3. The number of amides is 1. The second-order valence-electron chi connectivity index (χ2n) is 20.0. The molecule has 2 atom stereocenters. The minimum atomic E-state index is -0.689. The molecule has 0 aliphatic heterocycles. The molecule has 0 rings (SSSR count). The van der Waals surface area contributed by atoms with Crippen LogP contribution < -0.4 is 5.32 Å². The molecule has 0 spiro atoms. The third kappa shape index (κ3) is 51.5. The molecular weight excluding hydrogens is 815 g/mol. The number of aliphatic hydroxyl groups is 2. The zero-order chi connectivity index (χ0) is 47.9. The number of hydrogen-bond acceptors (Lipinski definition) is 5. The van der Waals surface area contributed by atoms with E-state index in [1.165, 1.54) is 186 Å². The Kier molecular flexibility index (Phi) is 54.1. The maximum absolute atomic E-state index is 12.5. The van der Waals surface area contributed by atoms with E-state index in [4.69, 9.17) is 4.74 Å². The summed E-state index contributed by atoms with van der Waals surface area (Å²) in [6.07, 6.45) is 68.6. The van der Waals surface area contributed by atoms with Crippen molar-refractivity contribution >= 4 is 11.9 Å². The third-order valence-corrected chi connectivity index (χ3v) is 13.4. The molecule has 0 heterocycles. The molecule has 3 N–H and O–H groups in total. The van der Waals surface area contributed by atoms with Gasteiger partial charge in [-0.05, 0) is 83.5 Å². The summed E-state index contributed by atoms with van der Waals surface area (Å²) in [7, 11) is 0. The van der Waals surface area contributed by atoms with Crippen molar-refractivity contribution in [2.45, 2.75) is 321 Å². The van der Waals surface area contributed by atoms with E-state index in [9.17, 15) is 19.8 Å². The number of rotatable bonds is 54. The number of aliphatic hydroxyl groups excluding tert-OH is 2. The number of carbonyl (C=O) groups is 2. The van der Waals surface area contributed by atoms with Crippen LogP contribution in [0, 0.1) is 0 Å². The average Bonchev–Trinajstić information content (AvgIpc) is 3.32. The van der Waals surface area contributed by atoms with Crippen molar-refractivity contribution in [1.82, 2.24) is 5.32 Å². The number of unbranched alkanes of at least 4 members (excludes halogenated alkanes) is 37. The predicted molar refractivity (Wildman–Crippen MR) is 287 cm³/mol. The van der Waals surface area contributed by atoms with Gasteiger partial charge >= 0.3 is 5.97 Å². The first kappa shape index (κ1) is 64.1. The molecule has 66 heavy (non-hydrogen) atoms. The summed E-state index contributed by atoms with van der Waals surface area (Å²) >= 11 is 0. The van der Waals surface area contributed by atoms with Gasteiger partial charge in [-0.15, -0.1) is 0 Å². The highest BCUT2D eigenvalue weighted by atomic mass is 16.5. The molecule has 0 radical (unpaired) electrons. The molecule has 0 aliphatic carbocycles. The molecule has 0 aromatic carbocycles. The molecular formula is C60H113NO5. The first-order chi connectivity index (χ1) is 32.5. The Labute approximate surface area is 411 Å². The maximum atomic E-state index is 12.5. The highest BCUT2D eigenvalue weighted by Gasteiger charge is 2.20. The molecule has 0 bridgehead atoms. The van der Waals surface area contributed by atoms with Crippen LogP contribution in [0.5, 0.6) is 0 Å². The van der Waals surface area contributed by atoms with Gasteiger partial charge in [0.2, 0.25) is 5.91 Å². The van der Waals surface area contributed by atoms with Crippen LogP contribution in [0.2, 0.25) is 0 Å². The molecule has 1 amide bonds. The lowest BCUT2D eigenvalue weighted by Gasteiger charge is -2.22. The van der Waals surface area contributed by atoms with Crippen molar-refractivity contribution in [1.29, 1.82) is 0 Å². The van der Waals surface area contributed by atoms with Crippen LogP contribution in [0.15, 0.2) is 36.5 Å². The fourth-order valence-corrected chi connectivity index (χ4v) is 8.90. The lowest BCUT2D eigenvalue weighted by Crippen LogP contribution is -2.45. The molecule has 0 aromatic heterocycles. The standard InChI is InChI=1S/C60H113NO5/c1-3-5-7-9-11-13-15-17-19-20-21-22-23-24-25-26-27-29-30-32-36-40-44-48-52-58(63)57(56-62)61-59(64)53-49-45-41-37-34-35-39-43-47-51-55-66-60(65)54-50-46-42-38-33-31-28-18-16-14-12-10-8-6-4-2/h12,14,18,28,35,39,57-58,62-63H,3-11,13,15-17,19-27,29-34,36-38,40-56H2,1-2H3,(H,61,64)/b14-12-,28-18-,39-35-. The summed E-state index contributed by atoms with van der Waals surface area (Å²) in [4.78, 5) is 24.5. The van der Waals surface area contributed by atoms with E-state index >= 15 is 0 Å². The second kappa shape index (κ2) is 55.7. The first-order valence-corrected chi connectivity index (χ1v) is 29.2. The lowest BCUT2D eigenvalue weighted by molar-refractivity contribution is -0.143. The van der Waals surface area contributed by atoms with Crippen LogP contribution >= 0.6 is 0 Å². The Balaban J connectivity index is 3.51. The minimum absolute atomic E-state index is 0.0497. The van der Waals surface area contributed by atoms with Gasteiger partial charge in [0.05, 0.1) is 25.4 Å². The summed E-state index contributed by atoms with van der Waals surface area (Å²) < 4.78 is 5.43. The van der Waals surface area contributed by atoms with Crippen molar-refractivity contribution in [3.05, 3.63) is 36.5 Å². The summed E-state index contributed by atoms with van der Waals surface area (Å²) in [6.45, 7) is 4.84. The van der Waals surface area contributed by atoms with Crippen LogP contribution in [-0.4, -0.2) is 47.4 Å². The van der Waals surface area contributed by atoms with Gasteiger partial charge in [-0.2, -0.15) is 0 Å². The second-order valence-corrected chi connectivity index (χ2v) is 20.0. The Morgan fingerprint density at radius 1 is 0.424 bits per heavy atom. The predicted octanol–water partition coefficient (Wildman–Crippen LogP) is 18.0. The first-order valence-electron chi connectivity index (χ1n) is 29.2. The normalized spacial score (nSPS) is 12.8. The van der Waals surface area contributed by atoms with E-state index in [0.717, 1.165) is 89.9 Å². The van der Waals surface area contributed by atoms with Gasteiger partial charge < -0.3 is 20.3 Å². The largest absolute Gasteiger partial charge is 0.466 e. The number of ether oxygens (including phenoxy) is 1. The smallest absolute Gasteiger partial charge is 0.305 e. The minimum Gasteiger partial charge on any atom is -0.466 e. The van der Waals surface area contributed by atoms with E-state index in [1.54, 1.807) is 0 Å². The van der Waals surface area contributed by atoms with Crippen molar-refractivity contribution in [2.24, 2.45) is 0 Å². The van der Waals surface area contributed by atoms with Crippen LogP contribution in [0.25, 0.3) is 0 Å². The molecule has 0 saturated carbocycles. The Morgan fingerprint density at radius 3 is 1.20 bits per heavy atom. The Morgan fingerprint density at radius 2 is 0.758 bits per heavy atom. The maximum Gasteiger partial charge on any atom is 0.305 e. The monoisotopic (exact) mass is 928 g/mol. The van der Waals surface area contributed by atoms with Crippen molar-refractivity contribution in [2.75, 3.05) is 13.2 Å². The molecule has 0 aromatic rings. The molecule has 6 nitrogen and oxygen atoms in total. The van der Waals surface area contributed by atoms with Gasteiger partial charge in [-0.3, -0.25) is 9.59 Å². The number of esters is 1. The van der Waals surface area contributed by atoms with Crippen molar-refractivity contribution in [3.8, 4) is 0 Å². The number of allylic oxidation sites excluding steroid dienone is 6. The van der Waals surface area contributed by atoms with Gasteiger partial charge in [-0.25, -0.2) is 0 Å². The van der Waals surface area contributed by atoms with E-state index in [-0.39, 0.29) is 18.5 Å². The van der Waals surface area contributed by atoms with E-state index in [0.29, 0.717) is 25.9 Å². The summed E-state index contributed by atoms with van der Waals surface area (Å²) in [5.74, 6) is -0.119. The SMILES string of the molecule is CCCCC/C=C\C/C=C\CCCCCCCC(=O)OCCCC/C=C\CCCCCCC(=O)NC(CO)C(O)CCCCCCCCCCCCCCCCCCCCCCCCCC. The fourth-order valence-electron chi connectivity index (χ4n) is 8.90. The number of carbonyl (C=O) groups excluding carboxylic acids is 2. The van der Waals surface area contributed by atoms with E-state index < -0.39 is 12.1 Å². The van der Waals surface area contributed by atoms with Crippen LogP contribution in [0.3, 0.4) is 0 Å². The van der Waals surface area contributed by atoms with Crippen LogP contribution in [0.4, 0.5) is 0 Å². The molecule has 0 aliphatic rings. The van der Waals surface area contributed by atoms with Gasteiger partial charge in [-0.1, -0.05) is 249 Å². The van der Waals surface area contributed by atoms with E-state index in [1.807, 2.05) is 0 Å². The topological polar surface area (TPSA) is 95.9 Å². The van der Waals surface area contributed by atoms with Crippen LogP contribution in [0.1, 0.15) is 309 Å². The fraction of sp³-hybridized carbons (Fsp3) is 0.867. The summed E-state index contributed by atoms with van der Waals surface area (Å²) in [6, 6.07) is -0.570. The zero-order valence-electron chi connectivity index (χ0n) is 44.2. The number of nitrogens with one attached hydrogen (secondary N) is 1. The summed E-state index contributed by atoms with van der Waals surface area (Å²) in [5.41, 5.74) is 0. The van der Waals surface area contributed by atoms with Gasteiger partial charge in [0.15, 0.2) is 0 Å². The van der Waals surface area contributed by atoms with Gasteiger partial charge in [0, 0.05) is 12.8 Å².